The molecule has 4 heteroatoms. The lowest BCUT2D eigenvalue weighted by Gasteiger charge is -1.99. The predicted molar refractivity (Wildman–Crippen MR) is 61.2 cm³/mol. The zero-order chi connectivity index (χ0) is 11.4. The number of nitrogens with zero attached hydrogens (tertiary/aromatic N) is 1. The van der Waals surface area contributed by atoms with Crippen LogP contribution in [0.25, 0.3) is 11.5 Å². The van der Waals surface area contributed by atoms with E-state index in [1.54, 1.807) is 13.4 Å². The molecule has 0 radical (unpaired) electrons. The quantitative estimate of drug-likeness (QED) is 0.850. The van der Waals surface area contributed by atoms with Crippen molar-refractivity contribution in [3.63, 3.8) is 0 Å². The average Bonchev–Trinajstić information content (AvgIpc) is 2.78. The van der Waals surface area contributed by atoms with Crippen LogP contribution in [0.5, 0.6) is 5.75 Å². The number of benzene rings is 1. The van der Waals surface area contributed by atoms with Crippen molar-refractivity contribution in [2.24, 2.45) is 5.73 Å². The molecule has 1 aromatic carbocycles. The molecule has 0 aliphatic carbocycles. The minimum Gasteiger partial charge on any atom is -0.497 e. The summed E-state index contributed by atoms with van der Waals surface area (Å²) >= 11 is 0. The first kappa shape index (κ1) is 10.7. The molecule has 1 aromatic heterocycles. The van der Waals surface area contributed by atoms with Crippen LogP contribution in [-0.2, 0) is 6.42 Å². The summed E-state index contributed by atoms with van der Waals surface area (Å²) < 4.78 is 10.5. The number of oxazole rings is 1. The van der Waals surface area contributed by atoms with E-state index in [0.717, 1.165) is 23.4 Å². The molecule has 2 N–H and O–H groups in total. The van der Waals surface area contributed by atoms with E-state index in [4.69, 9.17) is 14.9 Å². The molecule has 0 aliphatic heterocycles. The molecule has 1 heterocycles. The van der Waals surface area contributed by atoms with Gasteiger partial charge in [0, 0.05) is 12.0 Å². The number of ether oxygens (including phenoxy) is 1. The monoisotopic (exact) mass is 218 g/mol. The zero-order valence-electron chi connectivity index (χ0n) is 9.14. The van der Waals surface area contributed by atoms with E-state index in [0.29, 0.717) is 12.4 Å². The predicted octanol–water partition coefficient (Wildman–Crippen LogP) is 1.85. The molecule has 0 fully saturated rings. The van der Waals surface area contributed by atoms with Crippen molar-refractivity contribution in [3.8, 4) is 17.2 Å². The second kappa shape index (κ2) is 4.81. The highest BCUT2D eigenvalue weighted by Gasteiger charge is 2.05. The van der Waals surface area contributed by atoms with Crippen LogP contribution in [0.2, 0.25) is 0 Å². The highest BCUT2D eigenvalue weighted by atomic mass is 16.5. The number of aromatic nitrogens is 1. The summed E-state index contributed by atoms with van der Waals surface area (Å²) in [7, 11) is 1.64. The Bertz CT molecular complexity index is 448. The highest BCUT2D eigenvalue weighted by Crippen LogP contribution is 2.21. The Balaban J connectivity index is 2.21. The van der Waals surface area contributed by atoms with Crippen molar-refractivity contribution in [2.75, 3.05) is 13.7 Å². The largest absolute Gasteiger partial charge is 0.497 e. The van der Waals surface area contributed by atoms with Gasteiger partial charge < -0.3 is 14.9 Å². The molecule has 2 rings (SSSR count). The summed E-state index contributed by atoms with van der Waals surface area (Å²) in [6.07, 6.45) is 2.38. The topological polar surface area (TPSA) is 61.3 Å². The van der Waals surface area contributed by atoms with Crippen LogP contribution in [0.1, 0.15) is 5.69 Å². The molecule has 0 atom stereocenters. The van der Waals surface area contributed by atoms with Crippen LogP contribution in [0.15, 0.2) is 34.9 Å². The van der Waals surface area contributed by atoms with E-state index in [1.807, 2.05) is 24.3 Å². The van der Waals surface area contributed by atoms with Crippen molar-refractivity contribution in [2.45, 2.75) is 6.42 Å². The van der Waals surface area contributed by atoms with Crippen LogP contribution in [0, 0.1) is 0 Å². The molecule has 0 spiro atoms. The first-order valence-electron chi connectivity index (χ1n) is 5.12. The molecule has 0 aliphatic rings. The minimum atomic E-state index is 0.578. The second-order valence-electron chi connectivity index (χ2n) is 3.41. The van der Waals surface area contributed by atoms with Crippen LogP contribution in [0.4, 0.5) is 0 Å². The van der Waals surface area contributed by atoms with Gasteiger partial charge in [-0.1, -0.05) is 0 Å². The lowest BCUT2D eigenvalue weighted by atomic mass is 10.2. The standard InChI is InChI=1S/C12H14N2O2/c1-15-11-4-2-9(3-5-11)12-14-10(6-7-13)8-16-12/h2-5,8H,6-7,13H2,1H3. The summed E-state index contributed by atoms with van der Waals surface area (Å²) in [6.45, 7) is 0.578. The van der Waals surface area contributed by atoms with E-state index in [2.05, 4.69) is 4.98 Å². The fraction of sp³-hybridized carbons (Fsp3) is 0.250. The van der Waals surface area contributed by atoms with Crippen molar-refractivity contribution in [1.82, 2.24) is 4.98 Å². The van der Waals surface area contributed by atoms with Crippen molar-refractivity contribution >= 4 is 0 Å². The number of methoxy groups -OCH3 is 1. The normalized spacial score (nSPS) is 10.4. The molecular weight excluding hydrogens is 204 g/mol. The SMILES string of the molecule is COc1ccc(-c2nc(CCN)co2)cc1. The molecule has 2 aromatic rings. The van der Waals surface area contributed by atoms with E-state index in [1.165, 1.54) is 0 Å². The van der Waals surface area contributed by atoms with E-state index in [-0.39, 0.29) is 0 Å². The molecule has 4 nitrogen and oxygen atoms in total. The molecule has 0 unspecified atom stereocenters. The molecule has 0 bridgehead atoms. The molecule has 84 valence electrons. The van der Waals surface area contributed by atoms with Gasteiger partial charge in [-0.15, -0.1) is 0 Å². The Morgan fingerprint density at radius 1 is 1.31 bits per heavy atom. The first-order valence-corrected chi connectivity index (χ1v) is 5.12. The summed E-state index contributed by atoms with van der Waals surface area (Å²) in [5, 5.41) is 0. The number of nitrogens with two attached hydrogens (primary N) is 1. The molecular formula is C12H14N2O2. The van der Waals surface area contributed by atoms with Gasteiger partial charge in [-0.05, 0) is 30.8 Å². The Morgan fingerprint density at radius 3 is 2.69 bits per heavy atom. The second-order valence-corrected chi connectivity index (χ2v) is 3.41. The third-order valence-electron chi connectivity index (χ3n) is 2.29. The van der Waals surface area contributed by atoms with Crippen molar-refractivity contribution in [3.05, 3.63) is 36.2 Å². The van der Waals surface area contributed by atoms with Gasteiger partial charge >= 0.3 is 0 Å². The lowest BCUT2D eigenvalue weighted by molar-refractivity contribution is 0.415. The summed E-state index contributed by atoms with van der Waals surface area (Å²) in [6, 6.07) is 7.58. The maximum absolute atomic E-state index is 5.45. The molecule has 0 saturated heterocycles. The molecule has 0 saturated carbocycles. The van der Waals surface area contributed by atoms with Crippen LogP contribution in [-0.4, -0.2) is 18.6 Å². The fourth-order valence-electron chi connectivity index (χ4n) is 1.44. The average molecular weight is 218 g/mol. The Labute approximate surface area is 94.1 Å². The fourth-order valence-corrected chi connectivity index (χ4v) is 1.44. The van der Waals surface area contributed by atoms with Gasteiger partial charge in [-0.25, -0.2) is 4.98 Å². The Hall–Kier alpha value is -1.81. The lowest BCUT2D eigenvalue weighted by Crippen LogP contribution is -2.02. The summed E-state index contributed by atoms with van der Waals surface area (Å²) in [5.41, 5.74) is 7.27. The van der Waals surface area contributed by atoms with Crippen LogP contribution in [0.3, 0.4) is 0 Å². The molecule has 16 heavy (non-hydrogen) atoms. The Morgan fingerprint density at radius 2 is 2.06 bits per heavy atom. The van der Waals surface area contributed by atoms with Crippen LogP contribution < -0.4 is 10.5 Å². The van der Waals surface area contributed by atoms with Crippen LogP contribution >= 0.6 is 0 Å². The molecule has 0 amide bonds. The van der Waals surface area contributed by atoms with E-state index < -0.39 is 0 Å². The smallest absolute Gasteiger partial charge is 0.226 e. The van der Waals surface area contributed by atoms with Gasteiger partial charge in [-0.2, -0.15) is 0 Å². The van der Waals surface area contributed by atoms with Gasteiger partial charge in [0.25, 0.3) is 0 Å². The summed E-state index contributed by atoms with van der Waals surface area (Å²) in [4.78, 5) is 4.34. The van der Waals surface area contributed by atoms with Gasteiger partial charge in [0.2, 0.25) is 5.89 Å². The van der Waals surface area contributed by atoms with Crippen molar-refractivity contribution in [1.29, 1.82) is 0 Å². The van der Waals surface area contributed by atoms with Gasteiger partial charge in [0.1, 0.15) is 12.0 Å². The van der Waals surface area contributed by atoms with Crippen molar-refractivity contribution < 1.29 is 9.15 Å². The van der Waals surface area contributed by atoms with E-state index >= 15 is 0 Å². The zero-order valence-corrected chi connectivity index (χ0v) is 9.14. The third-order valence-corrected chi connectivity index (χ3v) is 2.29. The first-order chi connectivity index (χ1) is 7.83. The number of rotatable bonds is 4. The van der Waals surface area contributed by atoms with Gasteiger partial charge in [0.05, 0.1) is 12.8 Å². The van der Waals surface area contributed by atoms with Gasteiger partial charge in [0.15, 0.2) is 0 Å². The maximum Gasteiger partial charge on any atom is 0.226 e. The minimum absolute atomic E-state index is 0.578. The van der Waals surface area contributed by atoms with Gasteiger partial charge in [-0.3, -0.25) is 0 Å². The Kier molecular flexibility index (Phi) is 3.22. The number of hydrogen-bond donors (Lipinski definition) is 1. The maximum atomic E-state index is 5.45. The highest BCUT2D eigenvalue weighted by molar-refractivity contribution is 5.54. The third kappa shape index (κ3) is 2.23. The summed E-state index contributed by atoms with van der Waals surface area (Å²) in [5.74, 6) is 1.43. The number of hydrogen-bond acceptors (Lipinski definition) is 4. The van der Waals surface area contributed by atoms with E-state index in [9.17, 15) is 0 Å².